The number of halogens is 1. The summed E-state index contributed by atoms with van der Waals surface area (Å²) in [7, 11) is -2.10. The number of fused-ring (bicyclic) bond motifs is 1. The number of ether oxygens (including phenoxy) is 1. The van der Waals surface area contributed by atoms with Crippen molar-refractivity contribution < 1.29 is 13.2 Å². The summed E-state index contributed by atoms with van der Waals surface area (Å²) in [6.07, 6.45) is 3.16. The number of rotatable bonds is 4. The third-order valence-electron chi connectivity index (χ3n) is 4.69. The Morgan fingerprint density at radius 1 is 1.22 bits per heavy atom. The lowest BCUT2D eigenvalue weighted by atomic mass is 10.0. The lowest BCUT2D eigenvalue weighted by Crippen LogP contribution is -2.48. The Balaban J connectivity index is 0.00000210. The Morgan fingerprint density at radius 3 is 2.85 bits per heavy atom. The van der Waals surface area contributed by atoms with Crippen molar-refractivity contribution in [2.45, 2.75) is 10.9 Å². The Bertz CT molecular complexity index is 1040. The molecular formula is C18H21ClN4O3S. The number of aromatic nitrogens is 2. The van der Waals surface area contributed by atoms with E-state index >= 15 is 0 Å². The number of sulfonamides is 1. The van der Waals surface area contributed by atoms with Crippen molar-refractivity contribution in [2.75, 3.05) is 26.7 Å². The van der Waals surface area contributed by atoms with Crippen LogP contribution >= 0.6 is 12.4 Å². The minimum Gasteiger partial charge on any atom is -0.496 e. The van der Waals surface area contributed by atoms with Gasteiger partial charge in [-0.3, -0.25) is 0 Å². The van der Waals surface area contributed by atoms with Crippen LogP contribution in [-0.2, 0) is 10.0 Å². The molecule has 2 aromatic heterocycles. The normalized spacial score (nSPS) is 18.2. The molecule has 0 saturated carbocycles. The summed E-state index contributed by atoms with van der Waals surface area (Å²) in [4.78, 5) is 7.40. The van der Waals surface area contributed by atoms with E-state index in [2.05, 4.69) is 15.3 Å². The molecule has 1 saturated heterocycles. The molecule has 144 valence electrons. The monoisotopic (exact) mass is 408 g/mol. The first kappa shape index (κ1) is 19.6. The van der Waals surface area contributed by atoms with Crippen molar-refractivity contribution in [3.8, 4) is 5.75 Å². The number of nitrogens with zero attached hydrogens (tertiary/aromatic N) is 2. The summed E-state index contributed by atoms with van der Waals surface area (Å²) in [5.41, 5.74) is 1.42. The average molecular weight is 409 g/mol. The Hall–Kier alpha value is -2.13. The van der Waals surface area contributed by atoms with Gasteiger partial charge >= 0.3 is 0 Å². The maximum atomic E-state index is 13.5. The van der Waals surface area contributed by atoms with Crippen LogP contribution in [0, 0.1) is 0 Å². The standard InChI is InChI=1S/C18H20N4O3S.ClH/c1-25-16-7-3-2-5-13(16)15-11-19-9-10-22(15)26(23,24)17-12-21-18-14(17)6-4-8-20-18;/h2-8,12,15,19H,9-11H2,1H3,(H,20,21);1H. The van der Waals surface area contributed by atoms with Crippen LogP contribution in [0.15, 0.2) is 53.7 Å². The third kappa shape index (κ3) is 3.41. The maximum Gasteiger partial charge on any atom is 0.245 e. The Kier molecular flexibility index (Phi) is 5.71. The first-order chi connectivity index (χ1) is 12.6. The Morgan fingerprint density at radius 2 is 2.04 bits per heavy atom. The van der Waals surface area contributed by atoms with Gasteiger partial charge in [-0.15, -0.1) is 12.4 Å². The molecule has 3 heterocycles. The highest BCUT2D eigenvalue weighted by atomic mass is 35.5. The molecule has 0 spiro atoms. The van der Waals surface area contributed by atoms with Gasteiger partial charge in [0.15, 0.2) is 0 Å². The van der Waals surface area contributed by atoms with Gasteiger partial charge in [0.1, 0.15) is 16.3 Å². The summed E-state index contributed by atoms with van der Waals surface area (Å²) < 4.78 is 33.9. The zero-order chi connectivity index (χ0) is 18.1. The fraction of sp³-hybridized carbons (Fsp3) is 0.278. The van der Waals surface area contributed by atoms with Gasteiger partial charge in [-0.2, -0.15) is 4.31 Å². The predicted octanol–water partition coefficient (Wildman–Crippen LogP) is 2.33. The topological polar surface area (TPSA) is 87.3 Å². The highest BCUT2D eigenvalue weighted by molar-refractivity contribution is 7.89. The second-order valence-corrected chi connectivity index (χ2v) is 7.99. The van der Waals surface area contributed by atoms with E-state index in [4.69, 9.17) is 4.74 Å². The average Bonchev–Trinajstić information content (AvgIpc) is 3.13. The van der Waals surface area contributed by atoms with Crippen molar-refractivity contribution in [1.82, 2.24) is 19.6 Å². The van der Waals surface area contributed by atoms with E-state index in [1.807, 2.05) is 24.3 Å². The number of H-pyrrole nitrogens is 1. The molecule has 0 amide bonds. The SMILES string of the molecule is COc1ccccc1C1CNCCN1S(=O)(=O)c1c[nH]c2ncccc12.Cl. The molecule has 1 atom stereocenters. The first-order valence-corrected chi connectivity index (χ1v) is 9.84. The van der Waals surface area contributed by atoms with Gasteiger partial charge in [-0.25, -0.2) is 13.4 Å². The highest BCUT2D eigenvalue weighted by Crippen LogP contribution is 2.35. The van der Waals surface area contributed by atoms with Crippen molar-refractivity contribution in [2.24, 2.45) is 0 Å². The lowest BCUT2D eigenvalue weighted by molar-refractivity contribution is 0.265. The summed E-state index contributed by atoms with van der Waals surface area (Å²) in [5.74, 6) is 0.682. The molecular weight excluding hydrogens is 388 g/mol. The van der Waals surface area contributed by atoms with Gasteiger partial charge in [-0.05, 0) is 18.2 Å². The van der Waals surface area contributed by atoms with E-state index in [0.717, 1.165) is 5.56 Å². The van der Waals surface area contributed by atoms with Crippen LogP contribution in [0.2, 0.25) is 0 Å². The van der Waals surface area contributed by atoms with E-state index in [-0.39, 0.29) is 23.3 Å². The quantitative estimate of drug-likeness (QED) is 0.691. The summed E-state index contributed by atoms with van der Waals surface area (Å²) in [6.45, 7) is 1.52. The zero-order valence-electron chi connectivity index (χ0n) is 14.8. The van der Waals surface area contributed by atoms with Crippen LogP contribution in [0.4, 0.5) is 0 Å². The number of aromatic amines is 1. The van der Waals surface area contributed by atoms with Crippen LogP contribution in [-0.4, -0.2) is 49.4 Å². The predicted molar refractivity (Wildman–Crippen MR) is 106 cm³/mol. The van der Waals surface area contributed by atoms with Crippen LogP contribution in [0.5, 0.6) is 5.75 Å². The highest BCUT2D eigenvalue weighted by Gasteiger charge is 2.37. The molecule has 27 heavy (non-hydrogen) atoms. The minimum absolute atomic E-state index is 0. The molecule has 0 bridgehead atoms. The number of benzene rings is 1. The third-order valence-corrected chi connectivity index (χ3v) is 6.64. The van der Waals surface area contributed by atoms with Crippen LogP contribution in [0.3, 0.4) is 0 Å². The number of para-hydroxylation sites is 1. The molecule has 9 heteroatoms. The molecule has 0 radical (unpaired) electrons. The van der Waals surface area contributed by atoms with Gasteiger partial charge < -0.3 is 15.0 Å². The zero-order valence-corrected chi connectivity index (χ0v) is 16.4. The van der Waals surface area contributed by atoms with Gasteiger partial charge in [-0.1, -0.05) is 18.2 Å². The van der Waals surface area contributed by atoms with Crippen molar-refractivity contribution in [1.29, 1.82) is 0 Å². The first-order valence-electron chi connectivity index (χ1n) is 8.40. The Labute approximate surface area is 164 Å². The molecule has 1 aliphatic rings. The van der Waals surface area contributed by atoms with E-state index in [9.17, 15) is 8.42 Å². The largest absolute Gasteiger partial charge is 0.496 e. The van der Waals surface area contributed by atoms with Crippen LogP contribution < -0.4 is 10.1 Å². The van der Waals surface area contributed by atoms with Crippen LogP contribution in [0.1, 0.15) is 11.6 Å². The number of methoxy groups -OCH3 is 1. The summed E-state index contributed by atoms with van der Waals surface area (Å²) in [5, 5.41) is 3.89. The minimum atomic E-state index is -3.70. The van der Waals surface area contributed by atoms with E-state index < -0.39 is 10.0 Å². The lowest BCUT2D eigenvalue weighted by Gasteiger charge is -2.35. The van der Waals surface area contributed by atoms with Gasteiger partial charge in [0.2, 0.25) is 10.0 Å². The van der Waals surface area contributed by atoms with Crippen LogP contribution in [0.25, 0.3) is 11.0 Å². The second kappa shape index (κ2) is 7.85. The molecule has 7 nitrogen and oxygen atoms in total. The van der Waals surface area contributed by atoms with E-state index in [0.29, 0.717) is 36.4 Å². The molecule has 1 unspecified atom stereocenters. The van der Waals surface area contributed by atoms with Gasteiger partial charge in [0.25, 0.3) is 0 Å². The molecule has 0 aliphatic carbocycles. The van der Waals surface area contributed by atoms with Crippen molar-refractivity contribution >= 4 is 33.5 Å². The summed E-state index contributed by atoms with van der Waals surface area (Å²) >= 11 is 0. The molecule has 1 aromatic carbocycles. The molecule has 4 rings (SSSR count). The van der Waals surface area contributed by atoms with Crippen molar-refractivity contribution in [3.05, 3.63) is 54.4 Å². The number of pyridine rings is 1. The van der Waals surface area contributed by atoms with E-state index in [1.165, 1.54) is 6.20 Å². The number of hydrogen-bond donors (Lipinski definition) is 2. The number of nitrogens with one attached hydrogen (secondary N) is 2. The smallest absolute Gasteiger partial charge is 0.245 e. The molecule has 3 aromatic rings. The van der Waals surface area contributed by atoms with Gasteiger partial charge in [0.05, 0.1) is 13.2 Å². The van der Waals surface area contributed by atoms with E-state index in [1.54, 1.807) is 29.7 Å². The molecule has 1 fully saturated rings. The second-order valence-electron chi connectivity index (χ2n) is 6.13. The van der Waals surface area contributed by atoms with Crippen molar-refractivity contribution in [3.63, 3.8) is 0 Å². The van der Waals surface area contributed by atoms with Gasteiger partial charge in [0, 0.05) is 43.0 Å². The molecule has 2 N–H and O–H groups in total. The number of hydrogen-bond acceptors (Lipinski definition) is 5. The fourth-order valence-electron chi connectivity index (χ4n) is 3.45. The summed E-state index contributed by atoms with van der Waals surface area (Å²) in [6, 6.07) is 10.7. The molecule has 1 aliphatic heterocycles. The maximum absolute atomic E-state index is 13.5. The number of piperazine rings is 1. The fourth-order valence-corrected chi connectivity index (χ4v) is 5.21.